The van der Waals surface area contributed by atoms with Gasteiger partial charge < -0.3 is 10.6 Å². The fraction of sp³-hybridized carbons (Fsp3) is 0.444. The average Bonchev–Trinajstić information content (AvgIpc) is 3.05. The van der Waals surface area contributed by atoms with E-state index in [-0.39, 0.29) is 17.5 Å². The Hall–Kier alpha value is -2.02. The minimum atomic E-state index is -4.57. The highest BCUT2D eigenvalue weighted by Crippen LogP contribution is 2.35. The monoisotopic (exact) mass is 388 g/mol. The van der Waals surface area contributed by atoms with Crippen LogP contribution in [0.15, 0.2) is 24.3 Å². The molecular formula is C18H20ClF3N2O2. The molecular weight excluding hydrogens is 369 g/mol. The molecule has 2 amide bonds. The van der Waals surface area contributed by atoms with E-state index in [1.54, 1.807) is 6.92 Å². The fourth-order valence-corrected chi connectivity index (χ4v) is 2.98. The summed E-state index contributed by atoms with van der Waals surface area (Å²) in [5.41, 5.74) is -0.786. The van der Waals surface area contributed by atoms with Gasteiger partial charge in [-0.25, -0.2) is 0 Å². The number of carbonyl (C=O) groups is 2. The predicted octanol–water partition coefficient (Wildman–Crippen LogP) is 3.94. The van der Waals surface area contributed by atoms with E-state index in [4.69, 9.17) is 11.6 Å². The van der Waals surface area contributed by atoms with Crippen LogP contribution in [0.5, 0.6) is 0 Å². The van der Waals surface area contributed by atoms with Crippen molar-refractivity contribution in [3.8, 4) is 0 Å². The number of hydrogen-bond acceptors (Lipinski definition) is 2. The molecule has 2 rings (SSSR count). The van der Waals surface area contributed by atoms with Crippen molar-refractivity contribution < 1.29 is 22.8 Å². The van der Waals surface area contributed by atoms with Crippen molar-refractivity contribution in [1.29, 1.82) is 0 Å². The molecule has 0 saturated heterocycles. The first-order chi connectivity index (χ1) is 12.2. The second kappa shape index (κ2) is 8.58. The number of nitrogens with one attached hydrogen (secondary N) is 2. The highest BCUT2D eigenvalue weighted by Gasteiger charge is 2.33. The Bertz CT molecular complexity index is 698. The minimum absolute atomic E-state index is 0.146. The second-order valence-corrected chi connectivity index (χ2v) is 6.70. The van der Waals surface area contributed by atoms with Crippen molar-refractivity contribution in [2.24, 2.45) is 0 Å². The molecule has 26 heavy (non-hydrogen) atoms. The zero-order valence-electron chi connectivity index (χ0n) is 14.2. The van der Waals surface area contributed by atoms with Crippen molar-refractivity contribution in [3.05, 3.63) is 40.4 Å². The molecule has 0 spiro atoms. The lowest BCUT2D eigenvalue weighted by molar-refractivity contribution is -0.137. The van der Waals surface area contributed by atoms with Gasteiger partial charge in [-0.05, 0) is 43.5 Å². The molecule has 2 N–H and O–H groups in total. The number of carbonyl (C=O) groups excluding carboxylic acids is 2. The molecule has 1 aromatic carbocycles. The zero-order chi connectivity index (χ0) is 19.3. The van der Waals surface area contributed by atoms with E-state index in [9.17, 15) is 22.8 Å². The maximum Gasteiger partial charge on any atom is 0.417 e. The lowest BCUT2D eigenvalue weighted by atomic mass is 10.1. The summed E-state index contributed by atoms with van der Waals surface area (Å²) in [7, 11) is 0. The van der Waals surface area contributed by atoms with Gasteiger partial charge in [0.25, 0.3) is 0 Å². The van der Waals surface area contributed by atoms with Crippen molar-refractivity contribution >= 4 is 29.5 Å². The predicted molar refractivity (Wildman–Crippen MR) is 93.5 cm³/mol. The lowest BCUT2D eigenvalue weighted by Gasteiger charge is -2.17. The third kappa shape index (κ3) is 5.76. The third-order valence-corrected chi connectivity index (χ3v) is 4.51. The van der Waals surface area contributed by atoms with Crippen LogP contribution in [0.1, 0.15) is 43.7 Å². The van der Waals surface area contributed by atoms with Gasteiger partial charge in [0.05, 0.1) is 10.6 Å². The average molecular weight is 389 g/mol. The Kier molecular flexibility index (Phi) is 6.69. The highest BCUT2D eigenvalue weighted by molar-refractivity contribution is 6.31. The summed E-state index contributed by atoms with van der Waals surface area (Å²) < 4.78 is 38.5. The van der Waals surface area contributed by atoms with Gasteiger partial charge >= 0.3 is 6.18 Å². The van der Waals surface area contributed by atoms with Gasteiger partial charge in [-0.3, -0.25) is 9.59 Å². The molecule has 0 bridgehead atoms. The fourth-order valence-electron chi connectivity index (χ4n) is 2.76. The smallest absolute Gasteiger partial charge is 0.352 e. The topological polar surface area (TPSA) is 58.2 Å². The molecule has 4 nitrogen and oxygen atoms in total. The van der Waals surface area contributed by atoms with Gasteiger partial charge in [-0.1, -0.05) is 30.5 Å². The molecule has 1 saturated carbocycles. The number of benzene rings is 1. The van der Waals surface area contributed by atoms with Crippen LogP contribution < -0.4 is 10.6 Å². The maximum absolute atomic E-state index is 12.8. The molecule has 1 aliphatic carbocycles. The molecule has 0 aliphatic heterocycles. The summed E-state index contributed by atoms with van der Waals surface area (Å²) in [6.07, 6.45) is 1.78. The van der Waals surface area contributed by atoms with E-state index in [2.05, 4.69) is 10.6 Å². The van der Waals surface area contributed by atoms with Crippen LogP contribution in [-0.2, 0) is 15.8 Å². The summed E-state index contributed by atoms with van der Waals surface area (Å²) in [6, 6.07) is 2.77. The zero-order valence-corrected chi connectivity index (χ0v) is 15.0. The summed E-state index contributed by atoms with van der Waals surface area (Å²) in [5.74, 6) is -0.841. The van der Waals surface area contributed by atoms with Crippen molar-refractivity contribution in [2.75, 3.05) is 0 Å². The van der Waals surface area contributed by atoms with Gasteiger partial charge in [0.2, 0.25) is 11.8 Å². The van der Waals surface area contributed by atoms with E-state index in [1.165, 1.54) is 12.1 Å². The SMILES string of the molecule is C[C@H](NC(=O)/C=C\c1ccc(Cl)c(C(F)(F)F)c1)C(=O)NC1CCCC1. The highest BCUT2D eigenvalue weighted by atomic mass is 35.5. The van der Waals surface area contributed by atoms with Gasteiger partial charge in [0.1, 0.15) is 6.04 Å². The quantitative estimate of drug-likeness (QED) is 0.751. The first-order valence-corrected chi connectivity index (χ1v) is 8.70. The van der Waals surface area contributed by atoms with Crippen molar-refractivity contribution in [1.82, 2.24) is 10.6 Å². The standard InChI is InChI=1S/C18H20ClF3N2O2/c1-11(17(26)24-13-4-2-3-5-13)23-16(25)9-7-12-6-8-15(19)14(10-12)18(20,21)22/h6-11,13H,2-5H2,1H3,(H,23,25)(H,24,26)/b9-7-/t11-/m0/s1. The van der Waals surface area contributed by atoms with E-state index >= 15 is 0 Å². The maximum atomic E-state index is 12.8. The van der Waals surface area contributed by atoms with Gasteiger partial charge in [-0.2, -0.15) is 13.2 Å². The number of rotatable bonds is 5. The molecule has 0 heterocycles. The molecule has 0 radical (unpaired) electrons. The van der Waals surface area contributed by atoms with E-state index in [0.29, 0.717) is 0 Å². The minimum Gasteiger partial charge on any atom is -0.352 e. The summed E-state index contributed by atoms with van der Waals surface area (Å²) in [4.78, 5) is 23.9. The Morgan fingerprint density at radius 1 is 1.27 bits per heavy atom. The van der Waals surface area contributed by atoms with Gasteiger partial charge in [-0.15, -0.1) is 0 Å². The van der Waals surface area contributed by atoms with Gasteiger partial charge in [0, 0.05) is 12.1 Å². The number of alkyl halides is 3. The van der Waals surface area contributed by atoms with Crippen molar-refractivity contribution in [2.45, 2.75) is 50.9 Å². The molecule has 0 aromatic heterocycles. The third-order valence-electron chi connectivity index (χ3n) is 4.18. The second-order valence-electron chi connectivity index (χ2n) is 6.29. The first-order valence-electron chi connectivity index (χ1n) is 8.32. The molecule has 142 valence electrons. The van der Waals surface area contributed by atoms with Crippen LogP contribution in [0.4, 0.5) is 13.2 Å². The molecule has 1 aromatic rings. The van der Waals surface area contributed by atoms with Crippen LogP contribution >= 0.6 is 11.6 Å². The number of amides is 2. The molecule has 0 unspecified atom stereocenters. The Morgan fingerprint density at radius 3 is 2.54 bits per heavy atom. The Labute approximate surface area is 154 Å². The Morgan fingerprint density at radius 2 is 1.92 bits per heavy atom. The van der Waals surface area contributed by atoms with Crippen LogP contribution in [0.25, 0.3) is 6.08 Å². The van der Waals surface area contributed by atoms with Gasteiger partial charge in [0.15, 0.2) is 0 Å². The molecule has 1 atom stereocenters. The summed E-state index contributed by atoms with van der Waals surface area (Å²) in [5, 5.41) is 4.96. The normalized spacial score (nSPS) is 16.7. The summed E-state index contributed by atoms with van der Waals surface area (Å²) in [6.45, 7) is 1.56. The molecule has 8 heteroatoms. The Balaban J connectivity index is 1.93. The molecule has 1 aliphatic rings. The summed E-state index contributed by atoms with van der Waals surface area (Å²) >= 11 is 5.55. The van der Waals surface area contributed by atoms with Crippen LogP contribution in [0.3, 0.4) is 0 Å². The molecule has 1 fully saturated rings. The van der Waals surface area contributed by atoms with E-state index in [0.717, 1.165) is 43.9 Å². The van der Waals surface area contributed by atoms with E-state index < -0.39 is 28.7 Å². The lowest BCUT2D eigenvalue weighted by Crippen LogP contribution is -2.47. The van der Waals surface area contributed by atoms with Crippen LogP contribution in [0, 0.1) is 0 Å². The van der Waals surface area contributed by atoms with Crippen molar-refractivity contribution in [3.63, 3.8) is 0 Å². The first kappa shape index (κ1) is 20.3. The largest absolute Gasteiger partial charge is 0.417 e. The van der Waals surface area contributed by atoms with Crippen LogP contribution in [0.2, 0.25) is 5.02 Å². The van der Waals surface area contributed by atoms with E-state index in [1.807, 2.05) is 0 Å². The number of halogens is 4. The van der Waals surface area contributed by atoms with Crippen LogP contribution in [-0.4, -0.2) is 23.9 Å². The number of hydrogen-bond donors (Lipinski definition) is 2.